The number of amides is 1. The lowest BCUT2D eigenvalue weighted by Crippen LogP contribution is -2.64. The Balaban J connectivity index is 1.63. The molecule has 8 nitrogen and oxygen atoms in total. The average Bonchev–Trinajstić information content (AvgIpc) is 3.15. The largest absolute Gasteiger partial charge is 0.573 e. The molecule has 0 aliphatic carbocycles. The van der Waals surface area contributed by atoms with E-state index >= 15 is 0 Å². The number of nitrogens with one attached hydrogen (secondary N) is 2. The van der Waals surface area contributed by atoms with E-state index in [4.69, 9.17) is 0 Å². The lowest BCUT2D eigenvalue weighted by atomic mass is 9.89. The van der Waals surface area contributed by atoms with Crippen LogP contribution in [0.5, 0.6) is 5.75 Å². The summed E-state index contributed by atoms with van der Waals surface area (Å²) >= 11 is 1.27. The van der Waals surface area contributed by atoms with Gasteiger partial charge < -0.3 is 30.7 Å². The van der Waals surface area contributed by atoms with Crippen LogP contribution in [0.4, 0.5) is 13.2 Å². The lowest BCUT2D eigenvalue weighted by Gasteiger charge is -2.39. The Labute approximate surface area is 186 Å². The molecule has 5 atom stereocenters. The number of alkyl halides is 3. The Bertz CT molecular complexity index is 926. The molecule has 1 aliphatic heterocycles. The maximum Gasteiger partial charge on any atom is 0.573 e. The van der Waals surface area contributed by atoms with Gasteiger partial charge >= 0.3 is 6.36 Å². The zero-order valence-electron chi connectivity index (χ0n) is 17.3. The van der Waals surface area contributed by atoms with Gasteiger partial charge in [0, 0.05) is 31.0 Å². The summed E-state index contributed by atoms with van der Waals surface area (Å²) in [4.78, 5) is 15.9. The first-order valence-electron chi connectivity index (χ1n) is 10.3. The molecule has 32 heavy (non-hydrogen) atoms. The van der Waals surface area contributed by atoms with Crippen molar-refractivity contribution in [1.29, 1.82) is 0 Å². The molecular weight excluding hydrogens is 451 g/mol. The molecule has 0 spiro atoms. The second-order valence-corrected chi connectivity index (χ2v) is 8.77. The molecule has 5 N–H and O–H groups in total. The third-order valence-electron chi connectivity index (χ3n) is 5.45. The number of aliphatic hydroxyl groups is 3. The van der Waals surface area contributed by atoms with E-state index in [-0.39, 0.29) is 30.6 Å². The second-order valence-electron chi connectivity index (χ2n) is 7.71. The molecule has 2 aromatic rings. The molecule has 3 rings (SSSR count). The topological polar surface area (TPSA) is 124 Å². The number of rotatable bonds is 8. The van der Waals surface area contributed by atoms with Crippen LogP contribution in [0, 0.1) is 0 Å². The number of hydrogen-bond donors (Lipinski definition) is 5. The van der Waals surface area contributed by atoms with Crippen molar-refractivity contribution in [3.05, 3.63) is 23.2 Å². The van der Waals surface area contributed by atoms with E-state index in [1.165, 1.54) is 29.5 Å². The van der Waals surface area contributed by atoms with E-state index in [1.54, 1.807) is 6.92 Å². The number of nitrogens with zero attached hydrogens (tertiary/aromatic N) is 1. The van der Waals surface area contributed by atoms with Crippen LogP contribution in [0.3, 0.4) is 0 Å². The third kappa shape index (κ3) is 6.07. The first-order valence-corrected chi connectivity index (χ1v) is 11.1. The zero-order valence-corrected chi connectivity index (χ0v) is 18.1. The molecule has 12 heteroatoms. The maximum atomic E-state index is 12.4. The molecule has 2 heterocycles. The van der Waals surface area contributed by atoms with Gasteiger partial charge in [-0.25, -0.2) is 4.98 Å². The molecule has 1 aromatic carbocycles. The van der Waals surface area contributed by atoms with Gasteiger partial charge in [-0.3, -0.25) is 4.79 Å². The summed E-state index contributed by atoms with van der Waals surface area (Å²) in [7, 11) is 0. The summed E-state index contributed by atoms with van der Waals surface area (Å²) < 4.78 is 41.9. The van der Waals surface area contributed by atoms with Crippen LogP contribution >= 0.6 is 11.3 Å². The first kappa shape index (κ1) is 24.6. The van der Waals surface area contributed by atoms with E-state index in [0.29, 0.717) is 34.6 Å². The molecule has 0 saturated carbocycles. The summed E-state index contributed by atoms with van der Waals surface area (Å²) in [6, 6.07) is 2.85. The van der Waals surface area contributed by atoms with Crippen LogP contribution in [0.2, 0.25) is 0 Å². The van der Waals surface area contributed by atoms with Crippen molar-refractivity contribution in [2.24, 2.45) is 0 Å². The predicted molar refractivity (Wildman–Crippen MR) is 111 cm³/mol. The molecule has 1 amide bonds. The van der Waals surface area contributed by atoms with Crippen molar-refractivity contribution in [3.63, 3.8) is 0 Å². The van der Waals surface area contributed by atoms with E-state index in [1.807, 2.05) is 0 Å². The minimum Gasteiger partial charge on any atom is -0.406 e. The molecule has 1 fully saturated rings. The molecule has 1 saturated heterocycles. The van der Waals surface area contributed by atoms with E-state index in [9.17, 15) is 33.3 Å². The molecule has 0 radical (unpaired) electrons. The number of halogens is 3. The van der Waals surface area contributed by atoms with Crippen LogP contribution in [0.15, 0.2) is 18.2 Å². The number of carbonyl (C=O) groups is 1. The fraction of sp³-hybridized carbons (Fsp3) is 0.600. The minimum atomic E-state index is -4.79. The highest BCUT2D eigenvalue weighted by molar-refractivity contribution is 7.18. The molecule has 1 aromatic heterocycles. The smallest absolute Gasteiger partial charge is 0.406 e. The number of carbonyl (C=O) groups excluding carboxylic acids is 1. The van der Waals surface area contributed by atoms with Gasteiger partial charge in [-0.2, -0.15) is 0 Å². The van der Waals surface area contributed by atoms with Crippen molar-refractivity contribution < 1.29 is 38.0 Å². The quantitative estimate of drug-likeness (QED) is 0.392. The summed E-state index contributed by atoms with van der Waals surface area (Å²) in [6.07, 6.45) is -5.92. The Morgan fingerprint density at radius 2 is 2.12 bits per heavy atom. The van der Waals surface area contributed by atoms with Crippen molar-refractivity contribution in [2.75, 3.05) is 13.2 Å². The van der Waals surface area contributed by atoms with E-state index < -0.39 is 30.7 Å². The summed E-state index contributed by atoms with van der Waals surface area (Å²) in [5.74, 6) is -0.972. The van der Waals surface area contributed by atoms with Crippen molar-refractivity contribution >= 4 is 27.5 Å². The van der Waals surface area contributed by atoms with Gasteiger partial charge in [0.2, 0.25) is 5.91 Å². The number of aliphatic hydroxyl groups excluding tert-OH is 3. The third-order valence-corrected chi connectivity index (χ3v) is 6.65. The van der Waals surface area contributed by atoms with Crippen molar-refractivity contribution in [3.8, 4) is 5.75 Å². The van der Waals surface area contributed by atoms with Crippen LogP contribution in [0.1, 0.15) is 37.1 Å². The van der Waals surface area contributed by atoms with Gasteiger partial charge in [-0.05, 0) is 25.0 Å². The Hall–Kier alpha value is -1.99. The number of fused-ring (bicyclic) bond motifs is 1. The Morgan fingerprint density at radius 1 is 1.38 bits per heavy atom. The van der Waals surface area contributed by atoms with Gasteiger partial charge in [-0.1, -0.05) is 6.92 Å². The number of ether oxygens (including phenoxy) is 1. The number of benzene rings is 1. The summed E-state index contributed by atoms with van der Waals surface area (Å²) in [5.41, 5.74) is 0.339. The fourth-order valence-electron chi connectivity index (χ4n) is 3.68. The molecular formula is C20H26F3N3O5S. The van der Waals surface area contributed by atoms with Gasteiger partial charge in [0.15, 0.2) is 0 Å². The van der Waals surface area contributed by atoms with Crippen LogP contribution < -0.4 is 15.4 Å². The maximum absolute atomic E-state index is 12.4. The van der Waals surface area contributed by atoms with E-state index in [2.05, 4.69) is 20.4 Å². The lowest BCUT2D eigenvalue weighted by molar-refractivity contribution is -0.274. The summed E-state index contributed by atoms with van der Waals surface area (Å²) in [5, 5.41) is 37.0. The fourth-order valence-corrected chi connectivity index (χ4v) is 4.76. The van der Waals surface area contributed by atoms with Gasteiger partial charge in [0.25, 0.3) is 0 Å². The van der Waals surface area contributed by atoms with Crippen LogP contribution in [-0.4, -0.2) is 70.0 Å². The highest BCUT2D eigenvalue weighted by atomic mass is 32.1. The van der Waals surface area contributed by atoms with Crippen molar-refractivity contribution in [2.45, 2.75) is 62.8 Å². The van der Waals surface area contributed by atoms with E-state index in [0.717, 1.165) is 0 Å². The number of thiazole rings is 1. The van der Waals surface area contributed by atoms with Gasteiger partial charge in [-0.15, -0.1) is 24.5 Å². The average molecular weight is 478 g/mol. The Morgan fingerprint density at radius 3 is 2.78 bits per heavy atom. The number of hydrogen-bond acceptors (Lipinski definition) is 8. The standard InChI is InChI=1S/C20H26F3N3O5S/c1-2-16(28)25-14-8-24-12(17(29)18(14)30)5-3-10(9-27)19-26-13-7-11(31-20(21,22)23)4-6-15(13)32-19/h4,6-7,10,12,14,17-18,24,27,29-30H,2-3,5,8-9H2,1H3,(H,25,28)/t10?,12-,14+,17-,18-/m1/s1. The first-order chi connectivity index (χ1) is 15.1. The summed E-state index contributed by atoms with van der Waals surface area (Å²) in [6.45, 7) is 1.76. The zero-order chi connectivity index (χ0) is 23.5. The van der Waals surface area contributed by atoms with Gasteiger partial charge in [0.1, 0.15) is 11.9 Å². The molecule has 1 aliphatic rings. The second kappa shape index (κ2) is 10.3. The highest BCUT2D eigenvalue weighted by Gasteiger charge is 2.38. The van der Waals surface area contributed by atoms with Crippen LogP contribution in [0.25, 0.3) is 10.2 Å². The molecule has 0 bridgehead atoms. The SMILES string of the molecule is CCC(=O)N[C@H]1CN[C@H](CCC(CO)c2nc3cc(OC(F)(F)F)ccc3s2)[C@@H](O)[C@@H]1O. The van der Waals surface area contributed by atoms with Gasteiger partial charge in [0.05, 0.1) is 34.0 Å². The number of aromatic nitrogens is 1. The molecule has 178 valence electrons. The van der Waals surface area contributed by atoms with Crippen LogP contribution in [-0.2, 0) is 4.79 Å². The predicted octanol–water partition coefficient (Wildman–Crippen LogP) is 1.64. The normalized spacial score (nSPS) is 25.0. The number of piperidine rings is 1. The molecule has 1 unspecified atom stereocenters. The monoisotopic (exact) mass is 477 g/mol. The minimum absolute atomic E-state index is 0.221. The Kier molecular flexibility index (Phi) is 7.93. The van der Waals surface area contributed by atoms with Crippen molar-refractivity contribution in [1.82, 2.24) is 15.6 Å². The highest BCUT2D eigenvalue weighted by Crippen LogP contribution is 2.34.